The summed E-state index contributed by atoms with van der Waals surface area (Å²) in [6.07, 6.45) is 0. The quantitative estimate of drug-likeness (QED) is 0.490. The zero-order valence-electron chi connectivity index (χ0n) is 16.7. The Bertz CT molecular complexity index is 1150. The number of carbonyl (C=O) groups is 3. The molecule has 2 aromatic carbocycles. The SMILES string of the molecule is COC(=O)C1C(=O)NC(SCC(=O)Nc2cccc(F)c2)=C(C#N)C1c1ccccc1Cl. The van der Waals surface area contributed by atoms with Gasteiger partial charge >= 0.3 is 5.97 Å². The highest BCUT2D eigenvalue weighted by Crippen LogP contribution is 2.42. The molecule has 0 radical (unpaired) electrons. The summed E-state index contributed by atoms with van der Waals surface area (Å²) in [6.45, 7) is 0. The van der Waals surface area contributed by atoms with Gasteiger partial charge in [0.2, 0.25) is 11.8 Å². The van der Waals surface area contributed by atoms with E-state index in [0.717, 1.165) is 18.9 Å². The van der Waals surface area contributed by atoms with Crippen molar-refractivity contribution >= 4 is 46.8 Å². The Morgan fingerprint density at radius 2 is 2.03 bits per heavy atom. The van der Waals surface area contributed by atoms with Crippen LogP contribution >= 0.6 is 23.4 Å². The van der Waals surface area contributed by atoms with Crippen molar-refractivity contribution < 1.29 is 23.5 Å². The molecule has 1 aliphatic rings. The van der Waals surface area contributed by atoms with Crippen molar-refractivity contribution in [3.05, 3.63) is 75.5 Å². The van der Waals surface area contributed by atoms with Gasteiger partial charge < -0.3 is 15.4 Å². The average molecular weight is 474 g/mol. The molecular weight excluding hydrogens is 457 g/mol. The summed E-state index contributed by atoms with van der Waals surface area (Å²) in [4.78, 5) is 37.5. The van der Waals surface area contributed by atoms with E-state index in [4.69, 9.17) is 16.3 Å². The molecule has 2 N–H and O–H groups in total. The second-order valence-electron chi connectivity index (χ2n) is 6.69. The smallest absolute Gasteiger partial charge is 0.319 e. The molecule has 0 saturated heterocycles. The second kappa shape index (κ2) is 10.3. The number of esters is 1. The highest BCUT2D eigenvalue weighted by Gasteiger charge is 2.45. The first-order chi connectivity index (χ1) is 15.3. The number of rotatable bonds is 6. The van der Waals surface area contributed by atoms with Gasteiger partial charge in [-0.05, 0) is 29.8 Å². The van der Waals surface area contributed by atoms with Gasteiger partial charge in [-0.3, -0.25) is 14.4 Å². The molecule has 0 fully saturated rings. The van der Waals surface area contributed by atoms with Crippen LogP contribution in [0.25, 0.3) is 0 Å². The van der Waals surface area contributed by atoms with E-state index in [9.17, 15) is 24.0 Å². The fraction of sp³-hybridized carbons (Fsp3) is 0.182. The summed E-state index contributed by atoms with van der Waals surface area (Å²) in [5.41, 5.74) is 0.771. The molecule has 1 heterocycles. The molecule has 0 aliphatic carbocycles. The number of nitrogens with one attached hydrogen (secondary N) is 2. The number of anilines is 1. The van der Waals surface area contributed by atoms with Crippen molar-refractivity contribution in [3.63, 3.8) is 0 Å². The molecule has 32 heavy (non-hydrogen) atoms. The Labute approximate surface area is 192 Å². The van der Waals surface area contributed by atoms with E-state index >= 15 is 0 Å². The Morgan fingerprint density at radius 3 is 2.69 bits per heavy atom. The number of allylic oxidation sites excluding steroid dienone is 1. The molecule has 2 unspecified atom stereocenters. The van der Waals surface area contributed by atoms with Gasteiger partial charge in [0.05, 0.1) is 29.5 Å². The van der Waals surface area contributed by atoms with Crippen LogP contribution in [-0.4, -0.2) is 30.6 Å². The van der Waals surface area contributed by atoms with E-state index in [1.165, 1.54) is 24.3 Å². The Balaban J connectivity index is 1.91. The highest BCUT2D eigenvalue weighted by atomic mass is 35.5. The number of ether oxygens (including phenoxy) is 1. The largest absolute Gasteiger partial charge is 0.468 e. The number of halogens is 2. The molecular formula is C22H17ClFN3O4S. The molecule has 2 aromatic rings. The predicted molar refractivity (Wildman–Crippen MR) is 118 cm³/mol. The zero-order chi connectivity index (χ0) is 23.3. The van der Waals surface area contributed by atoms with Gasteiger partial charge in [0.25, 0.3) is 0 Å². The number of methoxy groups -OCH3 is 1. The van der Waals surface area contributed by atoms with Crippen molar-refractivity contribution in [1.29, 1.82) is 5.26 Å². The highest BCUT2D eigenvalue weighted by molar-refractivity contribution is 8.03. The summed E-state index contributed by atoms with van der Waals surface area (Å²) in [5.74, 6) is -4.93. The van der Waals surface area contributed by atoms with Crippen molar-refractivity contribution in [3.8, 4) is 6.07 Å². The normalized spacial score (nSPS) is 17.9. The molecule has 3 rings (SSSR count). The molecule has 7 nitrogen and oxygen atoms in total. The lowest BCUT2D eigenvalue weighted by Crippen LogP contribution is -2.44. The number of nitrogens with zero attached hydrogens (tertiary/aromatic N) is 1. The van der Waals surface area contributed by atoms with Gasteiger partial charge in [-0.2, -0.15) is 5.26 Å². The van der Waals surface area contributed by atoms with Crippen LogP contribution in [0.5, 0.6) is 0 Å². The molecule has 0 saturated carbocycles. The lowest BCUT2D eigenvalue weighted by molar-refractivity contribution is -0.150. The minimum absolute atomic E-state index is 0.0802. The van der Waals surface area contributed by atoms with Gasteiger partial charge in [0.15, 0.2) is 0 Å². The molecule has 0 spiro atoms. The van der Waals surface area contributed by atoms with Crippen LogP contribution in [0, 0.1) is 23.1 Å². The predicted octanol–water partition coefficient (Wildman–Crippen LogP) is 3.59. The number of hydrogen-bond acceptors (Lipinski definition) is 6. The summed E-state index contributed by atoms with van der Waals surface area (Å²) < 4.78 is 18.1. The van der Waals surface area contributed by atoms with Crippen molar-refractivity contribution in [1.82, 2.24) is 5.32 Å². The maximum Gasteiger partial charge on any atom is 0.319 e. The van der Waals surface area contributed by atoms with Crippen LogP contribution in [0.2, 0.25) is 5.02 Å². The van der Waals surface area contributed by atoms with E-state index < -0.39 is 35.4 Å². The van der Waals surface area contributed by atoms with Gasteiger partial charge in [-0.1, -0.05) is 47.6 Å². The number of benzene rings is 2. The molecule has 1 aliphatic heterocycles. The third-order valence-electron chi connectivity index (χ3n) is 4.68. The van der Waals surface area contributed by atoms with Crippen molar-refractivity contribution in [2.24, 2.45) is 5.92 Å². The number of amides is 2. The van der Waals surface area contributed by atoms with Crippen molar-refractivity contribution in [2.45, 2.75) is 5.92 Å². The average Bonchev–Trinajstić information content (AvgIpc) is 2.77. The van der Waals surface area contributed by atoms with Crippen LogP contribution in [-0.2, 0) is 19.1 Å². The first kappa shape index (κ1) is 23.3. The second-order valence-corrected chi connectivity index (χ2v) is 8.08. The van der Waals surface area contributed by atoms with E-state index in [-0.39, 0.29) is 27.1 Å². The third-order valence-corrected chi connectivity index (χ3v) is 6.04. The fourth-order valence-electron chi connectivity index (χ4n) is 3.28. The van der Waals surface area contributed by atoms with Crippen molar-refractivity contribution in [2.75, 3.05) is 18.2 Å². The third kappa shape index (κ3) is 5.10. The van der Waals surface area contributed by atoms with Crippen LogP contribution in [0.15, 0.2) is 59.1 Å². The van der Waals surface area contributed by atoms with Crippen LogP contribution < -0.4 is 10.6 Å². The van der Waals surface area contributed by atoms with Gasteiger partial charge in [-0.15, -0.1) is 0 Å². The molecule has 2 atom stereocenters. The van der Waals surface area contributed by atoms with Gasteiger partial charge in [0, 0.05) is 16.6 Å². The number of hydrogen-bond donors (Lipinski definition) is 2. The van der Waals surface area contributed by atoms with E-state index in [1.54, 1.807) is 24.3 Å². The standard InChI is InChI=1S/C22H17ClFN3O4S/c1-31-22(30)19-18(14-7-2-3-8-16(14)23)15(10-25)21(27-20(19)29)32-11-17(28)26-13-6-4-5-12(24)9-13/h2-9,18-19H,11H2,1H3,(H,26,28)(H,27,29). The molecule has 10 heteroatoms. The topological polar surface area (TPSA) is 108 Å². The van der Waals surface area contributed by atoms with Gasteiger partial charge in [0.1, 0.15) is 11.7 Å². The molecule has 0 aromatic heterocycles. The van der Waals surface area contributed by atoms with Crippen LogP contribution in [0.3, 0.4) is 0 Å². The maximum absolute atomic E-state index is 13.3. The Morgan fingerprint density at radius 1 is 1.28 bits per heavy atom. The minimum atomic E-state index is -1.32. The minimum Gasteiger partial charge on any atom is -0.468 e. The number of carbonyl (C=O) groups excluding carboxylic acids is 3. The molecule has 2 amide bonds. The summed E-state index contributed by atoms with van der Waals surface area (Å²) in [6, 6.07) is 14.0. The first-order valence-corrected chi connectivity index (χ1v) is 10.7. The maximum atomic E-state index is 13.3. The number of nitriles is 1. The summed E-state index contributed by atoms with van der Waals surface area (Å²) in [7, 11) is 1.15. The van der Waals surface area contributed by atoms with E-state index in [0.29, 0.717) is 5.56 Å². The van der Waals surface area contributed by atoms with E-state index in [1.807, 2.05) is 6.07 Å². The lowest BCUT2D eigenvalue weighted by Gasteiger charge is -2.31. The van der Waals surface area contributed by atoms with Gasteiger partial charge in [-0.25, -0.2) is 4.39 Å². The zero-order valence-corrected chi connectivity index (χ0v) is 18.3. The lowest BCUT2D eigenvalue weighted by atomic mass is 9.78. The Hall–Kier alpha value is -3.35. The van der Waals surface area contributed by atoms with E-state index in [2.05, 4.69) is 10.6 Å². The number of thioether (sulfide) groups is 1. The summed E-state index contributed by atoms with van der Waals surface area (Å²) >= 11 is 7.22. The van der Waals surface area contributed by atoms with Crippen LogP contribution in [0.1, 0.15) is 11.5 Å². The molecule has 0 bridgehead atoms. The Kier molecular flexibility index (Phi) is 7.51. The van der Waals surface area contributed by atoms with Crippen LogP contribution in [0.4, 0.5) is 10.1 Å². The summed E-state index contributed by atoms with van der Waals surface area (Å²) in [5, 5.41) is 15.3. The molecule has 164 valence electrons. The fourth-order valence-corrected chi connectivity index (χ4v) is 4.39. The monoisotopic (exact) mass is 473 g/mol. The first-order valence-electron chi connectivity index (χ1n) is 9.31.